The van der Waals surface area contributed by atoms with Crippen molar-refractivity contribution in [2.45, 2.75) is 78.5 Å². The highest BCUT2D eigenvalue weighted by molar-refractivity contribution is 7.99. The summed E-state index contributed by atoms with van der Waals surface area (Å²) in [5.41, 5.74) is 4.55. The van der Waals surface area contributed by atoms with E-state index in [0.717, 1.165) is 18.8 Å². The summed E-state index contributed by atoms with van der Waals surface area (Å²) < 4.78 is 0. The van der Waals surface area contributed by atoms with Gasteiger partial charge in [0.25, 0.3) is 0 Å². The second kappa shape index (κ2) is 13.3. The maximum absolute atomic E-state index is 13.3. The van der Waals surface area contributed by atoms with E-state index >= 15 is 0 Å². The average Bonchev–Trinajstić information content (AvgIpc) is 2.62. The van der Waals surface area contributed by atoms with Gasteiger partial charge in [-0.25, -0.2) is 0 Å². The molecule has 8 nitrogen and oxygen atoms in total. The number of hydrogen-bond acceptors (Lipinski definition) is 6. The smallest absolute Gasteiger partial charge is 0.246 e. The van der Waals surface area contributed by atoms with Gasteiger partial charge in [0.1, 0.15) is 12.1 Å². The summed E-state index contributed by atoms with van der Waals surface area (Å²) in [5.74, 6) is 0.0649. The number of carbonyl (C=O) groups is 3. The standard InChI is InChI=1S/C22H44N4O4S/c1-9-10-18(27)25(7)17(14-31-12-11-24-15-21(2,3)4)20(29)26(8)16(19(23)28)13-22(5,6)30/h16-17,24,30H,9-15H2,1-8H3,(H2,23,28)/t16-,17+/m0/s1. The summed E-state index contributed by atoms with van der Waals surface area (Å²) in [6.45, 7) is 13.2. The second-order valence-electron chi connectivity index (χ2n) is 9.97. The van der Waals surface area contributed by atoms with Gasteiger partial charge in [-0.1, -0.05) is 27.7 Å². The Hall–Kier alpha value is -1.32. The summed E-state index contributed by atoms with van der Waals surface area (Å²) in [6, 6.07) is -1.66. The van der Waals surface area contributed by atoms with Gasteiger partial charge < -0.3 is 26.0 Å². The van der Waals surface area contributed by atoms with Gasteiger partial charge >= 0.3 is 0 Å². The number of thioether (sulfide) groups is 1. The highest BCUT2D eigenvalue weighted by Crippen LogP contribution is 2.19. The molecule has 0 aromatic carbocycles. The van der Waals surface area contributed by atoms with Crippen LogP contribution in [0.3, 0.4) is 0 Å². The molecule has 2 atom stereocenters. The van der Waals surface area contributed by atoms with Crippen LogP contribution in [0.15, 0.2) is 0 Å². The maximum Gasteiger partial charge on any atom is 0.246 e. The molecule has 0 heterocycles. The molecule has 0 spiro atoms. The molecule has 0 aliphatic rings. The summed E-state index contributed by atoms with van der Waals surface area (Å²) in [7, 11) is 3.13. The fraction of sp³-hybridized carbons (Fsp3) is 0.864. The van der Waals surface area contributed by atoms with Crippen LogP contribution < -0.4 is 11.1 Å². The zero-order valence-electron chi connectivity index (χ0n) is 20.7. The Morgan fingerprint density at radius 2 is 1.65 bits per heavy atom. The first-order valence-corrected chi connectivity index (χ1v) is 12.1. The van der Waals surface area contributed by atoms with Gasteiger partial charge in [-0.3, -0.25) is 14.4 Å². The molecule has 31 heavy (non-hydrogen) atoms. The first-order valence-electron chi connectivity index (χ1n) is 10.9. The minimum absolute atomic E-state index is 0.0216. The van der Waals surface area contributed by atoms with Crippen LogP contribution in [-0.4, -0.2) is 89.0 Å². The van der Waals surface area contributed by atoms with E-state index in [1.807, 2.05) is 6.92 Å². The Kier molecular flexibility index (Phi) is 12.7. The lowest BCUT2D eigenvalue weighted by Crippen LogP contribution is -2.56. The quantitative estimate of drug-likeness (QED) is 0.338. The van der Waals surface area contributed by atoms with Crippen molar-refractivity contribution in [1.82, 2.24) is 15.1 Å². The molecule has 0 rings (SSSR count). The second-order valence-corrected chi connectivity index (χ2v) is 11.1. The van der Waals surface area contributed by atoms with Gasteiger partial charge in [0, 0.05) is 51.5 Å². The monoisotopic (exact) mass is 460 g/mol. The number of nitrogens with two attached hydrogens (primary N) is 1. The maximum atomic E-state index is 13.3. The predicted octanol–water partition coefficient (Wildman–Crippen LogP) is 1.46. The Labute approximate surface area is 192 Å². The number of hydrogen-bond donors (Lipinski definition) is 3. The topological polar surface area (TPSA) is 116 Å². The van der Waals surface area contributed by atoms with E-state index in [4.69, 9.17) is 5.73 Å². The zero-order valence-corrected chi connectivity index (χ0v) is 21.5. The Morgan fingerprint density at radius 1 is 1.06 bits per heavy atom. The SMILES string of the molecule is CCCC(=O)N(C)[C@H](CSCCNCC(C)(C)C)C(=O)N(C)[C@@H](CC(C)(C)O)C(N)=O. The molecular weight excluding hydrogens is 416 g/mol. The Bertz CT molecular complexity index is 587. The third-order valence-electron chi connectivity index (χ3n) is 4.80. The summed E-state index contributed by atoms with van der Waals surface area (Å²) in [6.07, 6.45) is 1.06. The molecule has 3 amide bonds. The molecule has 182 valence electrons. The number of amides is 3. The fourth-order valence-corrected chi connectivity index (χ4v) is 4.05. The Balaban J connectivity index is 5.27. The molecule has 0 saturated heterocycles. The molecule has 0 aromatic rings. The van der Waals surface area contributed by atoms with Crippen molar-refractivity contribution in [1.29, 1.82) is 0 Å². The van der Waals surface area contributed by atoms with Gasteiger partial charge in [0.2, 0.25) is 17.7 Å². The van der Waals surface area contributed by atoms with Crippen LogP contribution in [0.5, 0.6) is 0 Å². The number of nitrogens with one attached hydrogen (secondary N) is 1. The van der Waals surface area contributed by atoms with Crippen molar-refractivity contribution in [3.63, 3.8) is 0 Å². The van der Waals surface area contributed by atoms with E-state index < -0.39 is 23.6 Å². The first kappa shape index (κ1) is 29.7. The van der Waals surface area contributed by atoms with Crippen molar-refractivity contribution >= 4 is 29.5 Å². The number of carbonyl (C=O) groups excluding carboxylic acids is 3. The van der Waals surface area contributed by atoms with Crippen molar-refractivity contribution < 1.29 is 19.5 Å². The molecule has 9 heteroatoms. The number of rotatable bonds is 14. The lowest BCUT2D eigenvalue weighted by Gasteiger charge is -2.35. The lowest BCUT2D eigenvalue weighted by atomic mass is 9.97. The molecule has 0 aromatic heterocycles. The molecule has 4 N–H and O–H groups in total. The van der Waals surface area contributed by atoms with Crippen LogP contribution in [0.4, 0.5) is 0 Å². The predicted molar refractivity (Wildman–Crippen MR) is 128 cm³/mol. The van der Waals surface area contributed by atoms with E-state index in [0.29, 0.717) is 18.6 Å². The number of primary amides is 1. The van der Waals surface area contributed by atoms with Gasteiger partial charge in [-0.05, 0) is 25.7 Å². The van der Waals surface area contributed by atoms with E-state index in [9.17, 15) is 19.5 Å². The summed E-state index contributed by atoms with van der Waals surface area (Å²) in [4.78, 5) is 40.5. The van der Waals surface area contributed by atoms with E-state index in [2.05, 4.69) is 26.1 Å². The van der Waals surface area contributed by atoms with Crippen LogP contribution in [0, 0.1) is 5.41 Å². The van der Waals surface area contributed by atoms with E-state index in [1.54, 1.807) is 32.7 Å². The lowest BCUT2D eigenvalue weighted by molar-refractivity contribution is -0.147. The van der Waals surface area contributed by atoms with Gasteiger partial charge in [0.15, 0.2) is 0 Å². The van der Waals surface area contributed by atoms with Crippen molar-refractivity contribution in [3.8, 4) is 0 Å². The molecule has 0 aliphatic heterocycles. The molecule has 0 saturated carbocycles. The highest BCUT2D eigenvalue weighted by Gasteiger charge is 2.36. The van der Waals surface area contributed by atoms with E-state index in [-0.39, 0.29) is 23.7 Å². The summed E-state index contributed by atoms with van der Waals surface area (Å²) >= 11 is 1.59. The number of nitrogens with zero attached hydrogens (tertiary/aromatic N) is 2. The van der Waals surface area contributed by atoms with Crippen LogP contribution in [0.25, 0.3) is 0 Å². The van der Waals surface area contributed by atoms with Crippen molar-refractivity contribution in [3.05, 3.63) is 0 Å². The van der Waals surface area contributed by atoms with Crippen LogP contribution in [-0.2, 0) is 14.4 Å². The zero-order chi connectivity index (χ0) is 24.4. The number of aliphatic hydroxyl groups is 1. The largest absolute Gasteiger partial charge is 0.390 e. The normalized spacial score (nSPS) is 14.1. The molecular formula is C22H44N4O4S. The minimum atomic E-state index is -1.17. The summed E-state index contributed by atoms with van der Waals surface area (Å²) in [5, 5.41) is 13.5. The third kappa shape index (κ3) is 12.3. The van der Waals surface area contributed by atoms with Crippen molar-refractivity contribution in [2.75, 3.05) is 38.7 Å². The van der Waals surface area contributed by atoms with E-state index in [1.165, 1.54) is 16.8 Å². The van der Waals surface area contributed by atoms with Crippen LogP contribution in [0.2, 0.25) is 0 Å². The highest BCUT2D eigenvalue weighted by atomic mass is 32.2. The van der Waals surface area contributed by atoms with Crippen LogP contribution in [0.1, 0.15) is 60.8 Å². The van der Waals surface area contributed by atoms with Gasteiger partial charge in [-0.2, -0.15) is 11.8 Å². The fourth-order valence-electron chi connectivity index (χ4n) is 3.01. The van der Waals surface area contributed by atoms with Crippen LogP contribution >= 0.6 is 11.8 Å². The van der Waals surface area contributed by atoms with Gasteiger partial charge in [-0.15, -0.1) is 0 Å². The average molecular weight is 461 g/mol. The third-order valence-corrected chi connectivity index (χ3v) is 5.84. The molecule has 0 bridgehead atoms. The molecule has 0 aliphatic carbocycles. The van der Waals surface area contributed by atoms with Gasteiger partial charge in [0.05, 0.1) is 5.60 Å². The Morgan fingerprint density at radius 3 is 2.10 bits per heavy atom. The number of likely N-dealkylation sites (N-methyl/N-ethyl adjacent to an activating group) is 2. The molecule has 0 unspecified atom stereocenters. The minimum Gasteiger partial charge on any atom is -0.390 e. The molecule has 0 fully saturated rings. The van der Waals surface area contributed by atoms with Crippen molar-refractivity contribution in [2.24, 2.45) is 11.1 Å². The first-order chi connectivity index (χ1) is 14.1. The molecule has 0 radical (unpaired) electrons.